The summed E-state index contributed by atoms with van der Waals surface area (Å²) in [5.41, 5.74) is 0.979. The van der Waals surface area contributed by atoms with Crippen molar-refractivity contribution in [3.63, 3.8) is 0 Å². The number of halogens is 1. The molecule has 3 rings (SSSR count). The zero-order valence-electron chi connectivity index (χ0n) is 16.8. The number of urea groups is 1. The molecule has 1 heterocycles. The molecule has 1 aromatic carbocycles. The number of carbonyl (C=O) groups is 1. The van der Waals surface area contributed by atoms with Gasteiger partial charge in [0.15, 0.2) is 0 Å². The number of unbranched alkanes of at least 4 members (excludes halogenated alkanes) is 1. The normalized spacial score (nSPS) is 23.2. The topological polar surface area (TPSA) is 35.6 Å². The molecule has 1 aliphatic heterocycles. The third-order valence-corrected chi connectivity index (χ3v) is 5.64. The summed E-state index contributed by atoms with van der Waals surface area (Å²) in [6, 6.07) is 6.80. The van der Waals surface area contributed by atoms with E-state index in [0.29, 0.717) is 12.6 Å². The lowest BCUT2D eigenvalue weighted by molar-refractivity contribution is 0.139. The summed E-state index contributed by atoms with van der Waals surface area (Å²) >= 11 is 0. The van der Waals surface area contributed by atoms with Crippen molar-refractivity contribution >= 4 is 6.03 Å². The van der Waals surface area contributed by atoms with Crippen LogP contribution in [0.3, 0.4) is 0 Å². The van der Waals surface area contributed by atoms with E-state index in [0.717, 1.165) is 56.2 Å². The van der Waals surface area contributed by atoms with Gasteiger partial charge in [-0.3, -0.25) is 0 Å². The van der Waals surface area contributed by atoms with Crippen LogP contribution in [-0.4, -0.2) is 48.1 Å². The molecular formula is C22H34FN3O. The molecule has 2 fully saturated rings. The first kappa shape index (κ1) is 20.1. The Labute approximate surface area is 163 Å². The maximum absolute atomic E-state index is 13.1. The molecule has 1 aliphatic carbocycles. The van der Waals surface area contributed by atoms with Crippen LogP contribution >= 0.6 is 0 Å². The first-order valence-corrected chi connectivity index (χ1v) is 10.5. The Balaban J connectivity index is 1.36. The average Bonchev–Trinajstić information content (AvgIpc) is 3.45. The number of nitrogens with zero attached hydrogens (tertiary/aromatic N) is 2. The van der Waals surface area contributed by atoms with Crippen LogP contribution in [-0.2, 0) is 6.54 Å². The fraction of sp³-hybridized carbons (Fsp3) is 0.682. The SMILES string of the molecule is CC1CC(C)CN(CCCCNC(=O)N(Cc2ccc(F)cc2)C2CC2)C1. The van der Waals surface area contributed by atoms with E-state index in [1.54, 1.807) is 12.1 Å². The van der Waals surface area contributed by atoms with Crippen LogP contribution in [0.5, 0.6) is 0 Å². The molecule has 2 atom stereocenters. The van der Waals surface area contributed by atoms with Gasteiger partial charge in [-0.15, -0.1) is 0 Å². The fourth-order valence-electron chi connectivity index (χ4n) is 4.27. The molecule has 0 spiro atoms. The van der Waals surface area contributed by atoms with Crippen molar-refractivity contribution < 1.29 is 9.18 Å². The lowest BCUT2D eigenvalue weighted by Crippen LogP contribution is -2.41. The lowest BCUT2D eigenvalue weighted by atomic mass is 9.92. The molecule has 0 radical (unpaired) electrons. The number of nitrogens with one attached hydrogen (secondary N) is 1. The average molecular weight is 376 g/mol. The van der Waals surface area contributed by atoms with E-state index in [1.807, 2.05) is 4.90 Å². The van der Waals surface area contributed by atoms with Crippen molar-refractivity contribution in [2.45, 2.75) is 58.5 Å². The molecule has 2 amide bonds. The molecule has 27 heavy (non-hydrogen) atoms. The predicted molar refractivity (Wildman–Crippen MR) is 107 cm³/mol. The van der Waals surface area contributed by atoms with E-state index < -0.39 is 0 Å². The van der Waals surface area contributed by atoms with Gasteiger partial charge in [0.1, 0.15) is 5.82 Å². The van der Waals surface area contributed by atoms with Crippen LogP contribution in [0.25, 0.3) is 0 Å². The van der Waals surface area contributed by atoms with Gasteiger partial charge in [0.2, 0.25) is 0 Å². The van der Waals surface area contributed by atoms with Gasteiger partial charge in [-0.25, -0.2) is 9.18 Å². The molecule has 2 aliphatic rings. The number of likely N-dealkylation sites (tertiary alicyclic amines) is 1. The minimum atomic E-state index is -0.237. The highest BCUT2D eigenvalue weighted by Gasteiger charge is 2.32. The van der Waals surface area contributed by atoms with Crippen molar-refractivity contribution in [1.82, 2.24) is 15.1 Å². The Kier molecular flexibility index (Phi) is 7.11. The van der Waals surface area contributed by atoms with Crippen molar-refractivity contribution in [2.75, 3.05) is 26.2 Å². The molecule has 1 N–H and O–H groups in total. The minimum absolute atomic E-state index is 0.0158. The summed E-state index contributed by atoms with van der Waals surface area (Å²) < 4.78 is 13.1. The molecule has 0 bridgehead atoms. The monoisotopic (exact) mass is 375 g/mol. The Morgan fingerprint density at radius 3 is 2.44 bits per heavy atom. The first-order chi connectivity index (χ1) is 13.0. The van der Waals surface area contributed by atoms with Crippen LogP contribution in [0.4, 0.5) is 9.18 Å². The molecular weight excluding hydrogens is 341 g/mol. The Morgan fingerprint density at radius 2 is 1.81 bits per heavy atom. The maximum Gasteiger partial charge on any atom is 0.317 e. The van der Waals surface area contributed by atoms with E-state index in [2.05, 4.69) is 24.1 Å². The minimum Gasteiger partial charge on any atom is -0.338 e. The second kappa shape index (κ2) is 9.54. The van der Waals surface area contributed by atoms with E-state index >= 15 is 0 Å². The summed E-state index contributed by atoms with van der Waals surface area (Å²) in [6.07, 6.45) is 5.62. The highest BCUT2D eigenvalue weighted by atomic mass is 19.1. The number of hydrogen-bond donors (Lipinski definition) is 1. The van der Waals surface area contributed by atoms with Gasteiger partial charge in [0.25, 0.3) is 0 Å². The molecule has 0 aromatic heterocycles. The van der Waals surface area contributed by atoms with Crippen LogP contribution < -0.4 is 5.32 Å². The second-order valence-electron chi connectivity index (χ2n) is 8.63. The van der Waals surface area contributed by atoms with Gasteiger partial charge >= 0.3 is 6.03 Å². The second-order valence-corrected chi connectivity index (χ2v) is 8.63. The van der Waals surface area contributed by atoms with Crippen LogP contribution in [0.1, 0.15) is 51.5 Å². The molecule has 1 aromatic rings. The van der Waals surface area contributed by atoms with Crippen LogP contribution in [0.15, 0.2) is 24.3 Å². The Morgan fingerprint density at radius 1 is 1.15 bits per heavy atom. The number of benzene rings is 1. The summed E-state index contributed by atoms with van der Waals surface area (Å²) in [5.74, 6) is 1.36. The molecule has 5 heteroatoms. The lowest BCUT2D eigenvalue weighted by Gasteiger charge is -2.35. The number of carbonyl (C=O) groups excluding carboxylic acids is 1. The number of amides is 2. The van der Waals surface area contributed by atoms with Crippen molar-refractivity contribution in [1.29, 1.82) is 0 Å². The highest BCUT2D eigenvalue weighted by molar-refractivity contribution is 5.74. The van der Waals surface area contributed by atoms with Gasteiger partial charge in [-0.05, 0) is 68.2 Å². The van der Waals surface area contributed by atoms with Crippen LogP contribution in [0, 0.1) is 17.7 Å². The van der Waals surface area contributed by atoms with Gasteiger partial charge in [0.05, 0.1) is 0 Å². The van der Waals surface area contributed by atoms with Crippen molar-refractivity contribution in [3.8, 4) is 0 Å². The van der Waals surface area contributed by atoms with E-state index in [4.69, 9.17) is 0 Å². The summed E-state index contributed by atoms with van der Waals surface area (Å²) in [7, 11) is 0. The smallest absolute Gasteiger partial charge is 0.317 e. The standard InChI is InChI=1S/C22H34FN3O/c1-17-13-18(2)15-25(14-17)12-4-3-11-24-22(27)26(21-9-10-21)16-19-5-7-20(23)8-6-19/h5-8,17-18,21H,3-4,9-16H2,1-2H3,(H,24,27). The predicted octanol–water partition coefficient (Wildman–Crippen LogP) is 4.26. The fourth-order valence-corrected chi connectivity index (χ4v) is 4.27. The van der Waals surface area contributed by atoms with Crippen LogP contribution in [0.2, 0.25) is 0 Å². The first-order valence-electron chi connectivity index (χ1n) is 10.5. The number of rotatable bonds is 8. The van der Waals surface area contributed by atoms with Crippen molar-refractivity contribution in [3.05, 3.63) is 35.6 Å². The van der Waals surface area contributed by atoms with Crippen molar-refractivity contribution in [2.24, 2.45) is 11.8 Å². The largest absolute Gasteiger partial charge is 0.338 e. The van der Waals surface area contributed by atoms with E-state index in [-0.39, 0.29) is 11.8 Å². The molecule has 1 saturated heterocycles. The quantitative estimate of drug-likeness (QED) is 0.689. The molecule has 4 nitrogen and oxygen atoms in total. The number of hydrogen-bond acceptors (Lipinski definition) is 2. The zero-order chi connectivity index (χ0) is 19.2. The number of piperidine rings is 1. The van der Waals surface area contributed by atoms with Gasteiger partial charge in [-0.1, -0.05) is 26.0 Å². The Bertz CT molecular complexity index is 592. The summed E-state index contributed by atoms with van der Waals surface area (Å²) in [6.45, 7) is 9.53. The highest BCUT2D eigenvalue weighted by Crippen LogP contribution is 2.28. The van der Waals surface area contributed by atoms with Gasteiger partial charge in [0, 0.05) is 32.2 Å². The summed E-state index contributed by atoms with van der Waals surface area (Å²) in [4.78, 5) is 17.1. The zero-order valence-corrected chi connectivity index (χ0v) is 16.8. The molecule has 150 valence electrons. The third-order valence-electron chi connectivity index (χ3n) is 5.64. The maximum atomic E-state index is 13.1. The molecule has 1 saturated carbocycles. The van der Waals surface area contributed by atoms with Gasteiger partial charge < -0.3 is 15.1 Å². The van der Waals surface area contributed by atoms with Gasteiger partial charge in [-0.2, -0.15) is 0 Å². The molecule has 2 unspecified atom stereocenters. The summed E-state index contributed by atoms with van der Waals surface area (Å²) in [5, 5.41) is 3.09. The third kappa shape index (κ3) is 6.49. The van der Waals surface area contributed by atoms with E-state index in [1.165, 1.54) is 31.6 Å². The van der Waals surface area contributed by atoms with E-state index in [9.17, 15) is 9.18 Å². The Hall–Kier alpha value is -1.62.